The fourth-order valence-corrected chi connectivity index (χ4v) is 4.21. The van der Waals surface area contributed by atoms with Crippen molar-refractivity contribution in [3.63, 3.8) is 0 Å². The van der Waals surface area contributed by atoms with Gasteiger partial charge in [0.1, 0.15) is 17.5 Å². The second-order valence-electron chi connectivity index (χ2n) is 6.37. The van der Waals surface area contributed by atoms with Gasteiger partial charge in [0.25, 0.3) is 10.1 Å². The van der Waals surface area contributed by atoms with Gasteiger partial charge in [-0.25, -0.2) is 4.52 Å². The minimum Gasteiger partial charge on any atom is -0.364 e. The molecule has 0 aliphatic carbocycles. The molecule has 0 amide bonds. The lowest BCUT2D eigenvalue weighted by Gasteiger charge is -2.46. The Morgan fingerprint density at radius 2 is 2.15 bits per heavy atom. The largest absolute Gasteiger partial charge is 0.420 e. The molecule has 27 heavy (non-hydrogen) atoms. The van der Waals surface area contributed by atoms with Crippen LogP contribution >= 0.6 is 0 Å². The molecule has 2 aromatic rings. The van der Waals surface area contributed by atoms with Gasteiger partial charge in [-0.15, -0.1) is 0 Å². The van der Waals surface area contributed by atoms with Crippen LogP contribution < -0.4 is 4.90 Å². The number of pyridine rings is 1. The molecule has 8 nitrogen and oxygen atoms in total. The van der Waals surface area contributed by atoms with Crippen LogP contribution in [0.1, 0.15) is 12.6 Å². The number of hydrogen-bond donors (Lipinski definition) is 1. The van der Waals surface area contributed by atoms with E-state index in [1.165, 1.54) is 40.7 Å². The highest BCUT2D eigenvalue weighted by Crippen LogP contribution is 2.40. The van der Waals surface area contributed by atoms with Crippen LogP contribution in [0.5, 0.6) is 0 Å². The fraction of sp³-hybridized carbons (Fsp3) is 0.467. The lowest BCUT2D eigenvalue weighted by Crippen LogP contribution is -2.65. The smallest absolute Gasteiger partial charge is 0.364 e. The molecule has 1 aliphatic heterocycles. The molecule has 3 rings (SSSR count). The molecule has 2 atom stereocenters. The first-order valence-electron chi connectivity index (χ1n) is 7.77. The van der Waals surface area contributed by atoms with Crippen LogP contribution in [0.2, 0.25) is 0 Å². The quantitative estimate of drug-likeness (QED) is 0.775. The number of rotatable bonds is 3. The first-order chi connectivity index (χ1) is 12.5. The Labute approximate surface area is 152 Å². The van der Waals surface area contributed by atoms with Crippen LogP contribution in [0.25, 0.3) is 5.52 Å². The Hall–Kier alpha value is -2.36. The van der Waals surface area contributed by atoms with Gasteiger partial charge in [0, 0.05) is 6.54 Å². The number of halogens is 3. The van der Waals surface area contributed by atoms with Crippen LogP contribution in [0.3, 0.4) is 0 Å². The zero-order valence-corrected chi connectivity index (χ0v) is 14.8. The average Bonchev–Trinajstić information content (AvgIpc) is 3.00. The summed E-state index contributed by atoms with van der Waals surface area (Å²) in [4.78, 5) is 1.32. The molecule has 146 valence electrons. The summed E-state index contributed by atoms with van der Waals surface area (Å²) in [6, 6.07) is 6.35. The molecule has 2 aromatic heterocycles. The Bertz CT molecular complexity index is 1010. The van der Waals surface area contributed by atoms with Gasteiger partial charge in [-0.05, 0) is 25.1 Å². The summed E-state index contributed by atoms with van der Waals surface area (Å²) in [5, 5.41) is 13.1. The second kappa shape index (κ2) is 6.36. The predicted molar refractivity (Wildman–Crippen MR) is 87.9 cm³/mol. The summed E-state index contributed by atoms with van der Waals surface area (Å²) in [7, 11) is -4.97. The first-order valence-corrected chi connectivity index (χ1v) is 9.38. The average molecular weight is 404 g/mol. The predicted octanol–water partition coefficient (Wildman–Crippen LogP) is 1.62. The summed E-state index contributed by atoms with van der Waals surface area (Å²) in [5.41, 5.74) is -2.17. The molecule has 0 bridgehead atoms. The summed E-state index contributed by atoms with van der Waals surface area (Å²) in [6.45, 7) is 0.595. The van der Waals surface area contributed by atoms with Crippen molar-refractivity contribution in [3.05, 3.63) is 30.1 Å². The number of fused-ring (bicyclic) bond motifs is 1. The van der Waals surface area contributed by atoms with Crippen LogP contribution in [0.15, 0.2) is 24.4 Å². The van der Waals surface area contributed by atoms with E-state index in [9.17, 15) is 21.6 Å². The van der Waals surface area contributed by atoms with E-state index in [2.05, 4.69) is 5.10 Å². The number of ether oxygens (including phenoxy) is 1. The van der Waals surface area contributed by atoms with E-state index in [0.717, 1.165) is 0 Å². The van der Waals surface area contributed by atoms with Gasteiger partial charge in [0.05, 0.1) is 30.0 Å². The Kier molecular flexibility index (Phi) is 4.57. The summed E-state index contributed by atoms with van der Waals surface area (Å²) < 4.78 is 79.2. The van der Waals surface area contributed by atoms with Crippen molar-refractivity contribution in [1.29, 1.82) is 5.26 Å². The fourth-order valence-electron chi connectivity index (χ4n) is 3.29. The maximum Gasteiger partial charge on any atom is 0.420 e. The minimum absolute atomic E-state index is 0.0516. The van der Waals surface area contributed by atoms with Crippen LogP contribution in [0.4, 0.5) is 18.9 Å². The highest BCUT2D eigenvalue weighted by atomic mass is 32.2. The third-order valence-corrected chi connectivity index (χ3v) is 5.10. The van der Waals surface area contributed by atoms with Gasteiger partial charge < -0.3 is 9.64 Å². The van der Waals surface area contributed by atoms with Crippen molar-refractivity contribution < 1.29 is 30.9 Å². The SMILES string of the molecule is C[C@@H]1CN(c2ccc(C#N)n3nccc23)C[C@](CS(=O)(=O)O)(C(F)(F)F)O1. The van der Waals surface area contributed by atoms with E-state index >= 15 is 0 Å². The molecule has 1 fully saturated rings. The Morgan fingerprint density at radius 1 is 1.44 bits per heavy atom. The first kappa shape index (κ1) is 19.4. The molecule has 0 unspecified atom stereocenters. The van der Waals surface area contributed by atoms with E-state index in [0.29, 0.717) is 11.2 Å². The van der Waals surface area contributed by atoms with Crippen molar-refractivity contribution in [3.8, 4) is 6.07 Å². The normalized spacial score (nSPS) is 24.1. The number of alkyl halides is 3. The molecule has 1 saturated heterocycles. The van der Waals surface area contributed by atoms with E-state index in [1.807, 2.05) is 6.07 Å². The highest BCUT2D eigenvalue weighted by molar-refractivity contribution is 7.85. The van der Waals surface area contributed by atoms with E-state index in [-0.39, 0.29) is 12.2 Å². The van der Waals surface area contributed by atoms with Crippen molar-refractivity contribution in [2.75, 3.05) is 23.7 Å². The van der Waals surface area contributed by atoms with Gasteiger partial charge in [-0.3, -0.25) is 4.55 Å². The number of nitrogens with zero attached hydrogens (tertiary/aromatic N) is 4. The number of morpholine rings is 1. The van der Waals surface area contributed by atoms with Crippen LogP contribution in [0, 0.1) is 11.3 Å². The molecule has 0 aromatic carbocycles. The molecular formula is C15H15F3N4O4S. The van der Waals surface area contributed by atoms with Crippen molar-refractivity contribution in [2.24, 2.45) is 0 Å². The molecular weight excluding hydrogens is 389 g/mol. The van der Waals surface area contributed by atoms with Crippen LogP contribution in [-0.4, -0.2) is 59.3 Å². The summed E-state index contributed by atoms with van der Waals surface area (Å²) in [6.07, 6.45) is -4.61. The molecule has 0 saturated carbocycles. The maximum absolute atomic E-state index is 13.8. The molecule has 1 N–H and O–H groups in total. The van der Waals surface area contributed by atoms with Gasteiger partial charge in [0.2, 0.25) is 0 Å². The minimum atomic E-state index is -5.04. The summed E-state index contributed by atoms with van der Waals surface area (Å²) in [5.74, 6) is -1.61. The van der Waals surface area contributed by atoms with Gasteiger partial charge in [-0.1, -0.05) is 0 Å². The zero-order chi connectivity index (χ0) is 20.0. The summed E-state index contributed by atoms with van der Waals surface area (Å²) >= 11 is 0. The molecule has 12 heteroatoms. The van der Waals surface area contributed by atoms with E-state index in [4.69, 9.17) is 14.6 Å². The molecule has 0 spiro atoms. The number of aromatic nitrogens is 2. The molecule has 0 radical (unpaired) electrons. The number of hydrogen-bond acceptors (Lipinski definition) is 6. The van der Waals surface area contributed by atoms with Gasteiger partial charge in [-0.2, -0.15) is 31.9 Å². The topological polar surface area (TPSA) is 108 Å². The van der Waals surface area contributed by atoms with Crippen LogP contribution in [-0.2, 0) is 14.9 Å². The number of nitriles is 1. The van der Waals surface area contributed by atoms with E-state index < -0.39 is 40.3 Å². The Morgan fingerprint density at radius 3 is 2.74 bits per heavy atom. The van der Waals surface area contributed by atoms with Crippen molar-refractivity contribution in [1.82, 2.24) is 9.61 Å². The zero-order valence-electron chi connectivity index (χ0n) is 14.0. The van der Waals surface area contributed by atoms with Gasteiger partial charge in [0.15, 0.2) is 5.60 Å². The third-order valence-electron chi connectivity index (χ3n) is 4.27. The van der Waals surface area contributed by atoms with E-state index in [1.54, 1.807) is 0 Å². The Balaban J connectivity index is 2.10. The van der Waals surface area contributed by atoms with Crippen molar-refractivity contribution >= 4 is 21.3 Å². The molecule has 1 aliphatic rings. The lowest BCUT2D eigenvalue weighted by atomic mass is 10.0. The molecule has 3 heterocycles. The monoisotopic (exact) mass is 404 g/mol. The standard InChI is InChI=1S/C15H15F3N4O4S/c1-10-7-21(8-14(26-10,15(16,17)18)9-27(23,24)25)12-3-2-11(6-19)22-13(12)4-5-20-22/h2-5,10H,7-9H2,1H3,(H,23,24,25)/t10-,14+/m1/s1. The second-order valence-corrected chi connectivity index (χ2v) is 7.82. The maximum atomic E-state index is 13.8. The number of anilines is 1. The van der Waals surface area contributed by atoms with Crippen molar-refractivity contribution in [2.45, 2.75) is 24.8 Å². The third kappa shape index (κ3) is 3.58. The highest BCUT2D eigenvalue weighted by Gasteiger charge is 2.61. The van der Waals surface area contributed by atoms with Gasteiger partial charge >= 0.3 is 6.18 Å². The lowest BCUT2D eigenvalue weighted by molar-refractivity contribution is -0.283.